The van der Waals surface area contributed by atoms with Crippen LogP contribution < -0.4 is 15.9 Å². The number of rotatable bonds is 9. The predicted molar refractivity (Wildman–Crippen MR) is 149 cm³/mol. The van der Waals surface area contributed by atoms with Crippen LogP contribution in [0, 0.1) is 17.8 Å². The third-order valence-corrected chi connectivity index (χ3v) is 12.5. The molecule has 3 aromatic carbocycles. The summed E-state index contributed by atoms with van der Waals surface area (Å²) in [6, 6.07) is 31.4. The molecule has 0 saturated heterocycles. The zero-order valence-electron chi connectivity index (χ0n) is 20.7. The van der Waals surface area contributed by atoms with Crippen molar-refractivity contribution < 1.29 is 9.09 Å². The molecule has 0 amide bonds. The maximum absolute atomic E-state index is 14.7. The van der Waals surface area contributed by atoms with E-state index in [-0.39, 0.29) is 6.10 Å². The van der Waals surface area contributed by atoms with Gasteiger partial charge in [0.2, 0.25) is 7.37 Å². The summed E-state index contributed by atoms with van der Waals surface area (Å²) >= 11 is 0. The van der Waals surface area contributed by atoms with E-state index >= 15 is 0 Å². The van der Waals surface area contributed by atoms with E-state index in [2.05, 4.69) is 81.4 Å². The zero-order chi connectivity index (χ0) is 24.0. The van der Waals surface area contributed by atoms with Crippen molar-refractivity contribution in [1.29, 1.82) is 0 Å². The highest BCUT2D eigenvalue weighted by Crippen LogP contribution is 2.53. The van der Waals surface area contributed by atoms with Gasteiger partial charge < -0.3 is 4.52 Å². The molecule has 0 radical (unpaired) electrons. The predicted octanol–water partition coefficient (Wildman–Crippen LogP) is 7.20. The van der Waals surface area contributed by atoms with Crippen LogP contribution in [0.5, 0.6) is 0 Å². The van der Waals surface area contributed by atoms with Gasteiger partial charge >= 0.3 is 0 Å². The van der Waals surface area contributed by atoms with E-state index in [1.54, 1.807) is 0 Å². The Balaban J connectivity index is 1.64. The van der Waals surface area contributed by atoms with Gasteiger partial charge in [0.15, 0.2) is 0 Å². The molecule has 0 bridgehead atoms. The lowest BCUT2D eigenvalue weighted by Crippen LogP contribution is -2.35. The molecular formula is C30H38O2P2. The van der Waals surface area contributed by atoms with Gasteiger partial charge in [-0.25, -0.2) is 0 Å². The highest BCUT2D eigenvalue weighted by Gasteiger charge is 2.38. The molecule has 34 heavy (non-hydrogen) atoms. The van der Waals surface area contributed by atoms with Crippen molar-refractivity contribution in [3.05, 3.63) is 91.0 Å². The summed E-state index contributed by atoms with van der Waals surface area (Å²) in [5, 5.41) is 3.52. The van der Waals surface area contributed by atoms with E-state index in [1.807, 2.05) is 30.3 Å². The molecule has 1 aliphatic carbocycles. The monoisotopic (exact) mass is 492 g/mol. The largest absolute Gasteiger partial charge is 0.322 e. The summed E-state index contributed by atoms with van der Waals surface area (Å²) in [5.74, 6) is 1.63. The van der Waals surface area contributed by atoms with E-state index < -0.39 is 15.3 Å². The summed E-state index contributed by atoms with van der Waals surface area (Å²) in [5.41, 5.74) is 0. The molecule has 1 unspecified atom stereocenters. The van der Waals surface area contributed by atoms with Crippen LogP contribution in [0.4, 0.5) is 0 Å². The van der Waals surface area contributed by atoms with Gasteiger partial charge in [-0.15, -0.1) is 0 Å². The molecule has 1 fully saturated rings. The Kier molecular flexibility index (Phi) is 8.81. The zero-order valence-corrected chi connectivity index (χ0v) is 22.5. The van der Waals surface area contributed by atoms with Gasteiger partial charge in [0.25, 0.3) is 0 Å². The first kappa shape index (κ1) is 25.4. The summed E-state index contributed by atoms with van der Waals surface area (Å²) in [7, 11) is -3.64. The second kappa shape index (κ2) is 11.8. The Labute approximate surface area is 207 Å². The van der Waals surface area contributed by atoms with Crippen molar-refractivity contribution in [3.8, 4) is 0 Å². The van der Waals surface area contributed by atoms with Crippen LogP contribution in [0.3, 0.4) is 0 Å². The summed E-state index contributed by atoms with van der Waals surface area (Å²) in [4.78, 5) is 0. The molecule has 0 N–H and O–H groups in total. The molecule has 4 heteroatoms. The van der Waals surface area contributed by atoms with Crippen molar-refractivity contribution in [3.63, 3.8) is 0 Å². The van der Waals surface area contributed by atoms with Gasteiger partial charge in [0, 0.05) is 11.5 Å². The Bertz CT molecular complexity index is 1010. The molecule has 180 valence electrons. The van der Waals surface area contributed by atoms with Gasteiger partial charge in [-0.05, 0) is 67.4 Å². The quantitative estimate of drug-likeness (QED) is 0.295. The molecule has 0 heterocycles. The average molecular weight is 493 g/mol. The number of hydrogen-bond acceptors (Lipinski definition) is 2. The van der Waals surface area contributed by atoms with Crippen molar-refractivity contribution in [2.45, 2.75) is 46.1 Å². The van der Waals surface area contributed by atoms with Gasteiger partial charge in [-0.2, -0.15) is 0 Å². The average Bonchev–Trinajstić information content (AvgIpc) is 2.86. The lowest BCUT2D eigenvalue weighted by atomic mass is 9.75. The van der Waals surface area contributed by atoms with Gasteiger partial charge in [0.1, 0.15) is 0 Å². The van der Waals surface area contributed by atoms with Gasteiger partial charge in [-0.3, -0.25) is 4.57 Å². The molecule has 1 aliphatic rings. The summed E-state index contributed by atoms with van der Waals surface area (Å²) < 4.78 is 21.5. The highest BCUT2D eigenvalue weighted by molar-refractivity contribution is 7.74. The molecule has 4 rings (SSSR count). The molecule has 0 aliphatic heterocycles. The fraction of sp³-hybridized carbons (Fsp3) is 0.400. The van der Waals surface area contributed by atoms with E-state index in [0.717, 1.165) is 17.9 Å². The molecule has 0 aromatic heterocycles. The van der Waals surface area contributed by atoms with Crippen LogP contribution in [0.1, 0.15) is 40.0 Å². The molecule has 4 atom stereocenters. The first-order chi connectivity index (χ1) is 16.5. The van der Waals surface area contributed by atoms with Crippen LogP contribution >= 0.6 is 15.3 Å². The lowest BCUT2D eigenvalue weighted by Gasteiger charge is -2.39. The summed E-state index contributed by atoms with van der Waals surface area (Å²) in [6.45, 7) is 6.88. The van der Waals surface area contributed by atoms with Crippen molar-refractivity contribution >= 4 is 31.2 Å². The minimum Gasteiger partial charge on any atom is -0.322 e. The second-order valence-corrected chi connectivity index (χ2v) is 14.9. The minimum absolute atomic E-state index is 0.0643. The second-order valence-electron chi connectivity index (χ2n) is 10.0. The molecule has 0 spiro atoms. The van der Waals surface area contributed by atoms with Crippen LogP contribution in [0.15, 0.2) is 91.0 Å². The van der Waals surface area contributed by atoms with E-state index in [4.69, 9.17) is 4.52 Å². The molecular weight excluding hydrogens is 454 g/mol. The maximum Gasteiger partial charge on any atom is 0.232 e. The van der Waals surface area contributed by atoms with E-state index in [9.17, 15) is 4.57 Å². The van der Waals surface area contributed by atoms with E-state index in [0.29, 0.717) is 23.9 Å². The Morgan fingerprint density at radius 3 is 1.91 bits per heavy atom. The third-order valence-electron chi connectivity index (χ3n) is 7.17. The molecule has 2 nitrogen and oxygen atoms in total. The first-order valence-electron chi connectivity index (χ1n) is 12.7. The highest BCUT2D eigenvalue weighted by atomic mass is 31.2. The topological polar surface area (TPSA) is 26.3 Å². The van der Waals surface area contributed by atoms with Crippen molar-refractivity contribution in [1.82, 2.24) is 0 Å². The fourth-order valence-electron chi connectivity index (χ4n) is 5.21. The van der Waals surface area contributed by atoms with E-state index in [1.165, 1.54) is 23.5 Å². The van der Waals surface area contributed by atoms with Crippen molar-refractivity contribution in [2.24, 2.45) is 17.8 Å². The number of benzene rings is 3. The Morgan fingerprint density at radius 1 is 0.853 bits per heavy atom. The van der Waals surface area contributed by atoms with Crippen LogP contribution in [0.2, 0.25) is 0 Å². The van der Waals surface area contributed by atoms with Crippen LogP contribution in [-0.4, -0.2) is 18.4 Å². The normalized spacial score (nSPS) is 22.6. The van der Waals surface area contributed by atoms with Crippen LogP contribution in [-0.2, 0) is 9.09 Å². The van der Waals surface area contributed by atoms with Gasteiger partial charge in [-0.1, -0.05) is 106 Å². The standard InChI is InChI=1S/C30H38O2P2/c1-24(2)29-20-19-25(3)23-30(29)32-34(31,28-17-11-6-12-18-28)22-21-33(26-13-7-4-8-14-26)27-15-9-5-10-16-27/h4-18,24-25,29-30H,19-23H2,1-3H3/t25-,29+,30-,34?/m1/s1. The van der Waals surface area contributed by atoms with Crippen LogP contribution in [0.25, 0.3) is 0 Å². The third kappa shape index (κ3) is 6.28. The fourth-order valence-corrected chi connectivity index (χ4v) is 10.7. The van der Waals surface area contributed by atoms with Crippen molar-refractivity contribution in [2.75, 3.05) is 12.3 Å². The Morgan fingerprint density at radius 2 is 1.38 bits per heavy atom. The molecule has 3 aromatic rings. The first-order valence-corrected chi connectivity index (χ1v) is 16.0. The molecule has 1 saturated carbocycles. The maximum atomic E-state index is 14.7. The lowest BCUT2D eigenvalue weighted by molar-refractivity contribution is 0.0500. The Hall–Kier alpha value is -1.72. The summed E-state index contributed by atoms with van der Waals surface area (Å²) in [6.07, 6.45) is 4.90. The smallest absolute Gasteiger partial charge is 0.232 e. The van der Waals surface area contributed by atoms with Gasteiger partial charge in [0.05, 0.1) is 6.10 Å². The SMILES string of the molecule is CC(C)[C@@H]1CC[C@@H](C)C[C@H]1OP(=O)(CCP(c1ccccc1)c1ccccc1)c1ccccc1. The number of hydrogen-bond donors (Lipinski definition) is 0. The minimum atomic E-state index is -3.02.